The Morgan fingerprint density at radius 3 is 3.00 bits per heavy atom. The first-order valence-electron chi connectivity index (χ1n) is 5.86. The van der Waals surface area contributed by atoms with Gasteiger partial charge in [0, 0.05) is 0 Å². The zero-order chi connectivity index (χ0) is 14.5. The molecule has 0 aliphatic rings. The van der Waals surface area contributed by atoms with Crippen molar-refractivity contribution in [2.45, 2.75) is 13.5 Å². The van der Waals surface area contributed by atoms with E-state index in [2.05, 4.69) is 15.4 Å². The molecular formula is C13H13N5O2. The number of benzene rings is 1. The van der Waals surface area contributed by atoms with Gasteiger partial charge in [0.25, 0.3) is 5.82 Å². The third-order valence-corrected chi connectivity index (χ3v) is 2.57. The van der Waals surface area contributed by atoms with Crippen molar-refractivity contribution < 1.29 is 9.53 Å². The standard InChI is InChI=1S/C13H13N5O2/c1-9-3-4-11(20-2)10(5-9)16-13(19)7-18-8-15-12(6-14)17-18/h3-5,8H,7H2,1-2H3,(H,16,19). The fourth-order valence-corrected chi connectivity index (χ4v) is 1.68. The molecule has 1 aromatic carbocycles. The van der Waals surface area contributed by atoms with Crippen molar-refractivity contribution in [1.29, 1.82) is 5.26 Å². The number of aryl methyl sites for hydroxylation is 1. The first-order valence-corrected chi connectivity index (χ1v) is 5.86. The second kappa shape index (κ2) is 5.84. The van der Waals surface area contributed by atoms with E-state index >= 15 is 0 Å². The molecule has 0 radical (unpaired) electrons. The van der Waals surface area contributed by atoms with E-state index in [-0.39, 0.29) is 18.3 Å². The number of ether oxygens (including phenoxy) is 1. The van der Waals surface area contributed by atoms with Crippen molar-refractivity contribution in [2.24, 2.45) is 0 Å². The molecule has 7 heteroatoms. The molecule has 0 bridgehead atoms. The van der Waals surface area contributed by atoms with Gasteiger partial charge in [0.05, 0.1) is 12.8 Å². The predicted octanol–water partition coefficient (Wildman–Crippen LogP) is 1.11. The molecular weight excluding hydrogens is 258 g/mol. The van der Waals surface area contributed by atoms with Gasteiger partial charge in [-0.15, -0.1) is 5.10 Å². The van der Waals surface area contributed by atoms with Gasteiger partial charge in [0.2, 0.25) is 5.91 Å². The van der Waals surface area contributed by atoms with Crippen LogP contribution in [0.2, 0.25) is 0 Å². The summed E-state index contributed by atoms with van der Waals surface area (Å²) in [4.78, 5) is 15.6. The minimum atomic E-state index is -0.275. The van der Waals surface area contributed by atoms with Gasteiger partial charge < -0.3 is 10.1 Å². The van der Waals surface area contributed by atoms with Gasteiger partial charge in [-0.1, -0.05) is 6.07 Å². The number of carbonyl (C=O) groups is 1. The Bertz CT molecular complexity index is 672. The highest BCUT2D eigenvalue weighted by atomic mass is 16.5. The number of carbonyl (C=O) groups excluding carboxylic acids is 1. The predicted molar refractivity (Wildman–Crippen MR) is 71.1 cm³/mol. The van der Waals surface area contributed by atoms with E-state index in [4.69, 9.17) is 10.00 Å². The summed E-state index contributed by atoms with van der Waals surface area (Å²) >= 11 is 0. The number of anilines is 1. The summed E-state index contributed by atoms with van der Waals surface area (Å²) in [6, 6.07) is 7.30. The Kier molecular flexibility index (Phi) is 3.96. The van der Waals surface area contributed by atoms with Crippen LogP contribution in [0, 0.1) is 18.3 Å². The van der Waals surface area contributed by atoms with Crippen LogP contribution in [-0.4, -0.2) is 27.8 Å². The van der Waals surface area contributed by atoms with E-state index in [1.807, 2.05) is 19.1 Å². The highest BCUT2D eigenvalue weighted by molar-refractivity contribution is 5.92. The average Bonchev–Trinajstić information content (AvgIpc) is 2.86. The molecule has 2 rings (SSSR count). The maximum atomic E-state index is 11.9. The molecule has 0 atom stereocenters. The fourth-order valence-electron chi connectivity index (χ4n) is 1.68. The molecule has 7 nitrogen and oxygen atoms in total. The van der Waals surface area contributed by atoms with Gasteiger partial charge in [-0.05, 0) is 24.6 Å². The molecule has 0 aliphatic carbocycles. The molecule has 0 saturated carbocycles. The molecule has 1 heterocycles. The quantitative estimate of drug-likeness (QED) is 0.899. The molecule has 0 unspecified atom stereocenters. The Morgan fingerprint density at radius 1 is 1.55 bits per heavy atom. The highest BCUT2D eigenvalue weighted by Gasteiger charge is 2.09. The van der Waals surface area contributed by atoms with Crippen LogP contribution < -0.4 is 10.1 Å². The number of rotatable bonds is 4. The summed E-state index contributed by atoms with van der Waals surface area (Å²) in [5.74, 6) is 0.342. The smallest absolute Gasteiger partial charge is 0.252 e. The first kappa shape index (κ1) is 13.5. The van der Waals surface area contributed by atoms with Crippen LogP contribution in [0.1, 0.15) is 11.4 Å². The van der Waals surface area contributed by atoms with Crippen LogP contribution in [0.4, 0.5) is 5.69 Å². The van der Waals surface area contributed by atoms with E-state index in [0.29, 0.717) is 11.4 Å². The minimum absolute atomic E-state index is 0.0220. The Morgan fingerprint density at radius 2 is 2.35 bits per heavy atom. The van der Waals surface area contributed by atoms with Crippen molar-refractivity contribution in [1.82, 2.24) is 14.8 Å². The van der Waals surface area contributed by atoms with E-state index in [0.717, 1.165) is 5.56 Å². The summed E-state index contributed by atoms with van der Waals surface area (Å²) in [5, 5.41) is 15.2. The third kappa shape index (κ3) is 3.11. The number of nitrogens with zero attached hydrogens (tertiary/aromatic N) is 4. The molecule has 0 fully saturated rings. The summed E-state index contributed by atoms with van der Waals surface area (Å²) in [7, 11) is 1.54. The lowest BCUT2D eigenvalue weighted by molar-refractivity contribution is -0.116. The molecule has 0 spiro atoms. The maximum absolute atomic E-state index is 11.9. The van der Waals surface area contributed by atoms with E-state index in [1.165, 1.54) is 18.1 Å². The van der Waals surface area contributed by atoms with Crippen LogP contribution in [0.15, 0.2) is 24.5 Å². The topological polar surface area (TPSA) is 92.8 Å². The normalized spacial score (nSPS) is 9.85. The molecule has 1 N–H and O–H groups in total. The van der Waals surface area contributed by atoms with E-state index in [9.17, 15) is 4.79 Å². The largest absolute Gasteiger partial charge is 0.495 e. The van der Waals surface area contributed by atoms with Crippen molar-refractivity contribution in [2.75, 3.05) is 12.4 Å². The Balaban J connectivity index is 2.08. The number of nitriles is 1. The Labute approximate surface area is 115 Å². The molecule has 1 amide bonds. The lowest BCUT2D eigenvalue weighted by atomic mass is 10.2. The number of amides is 1. The highest BCUT2D eigenvalue weighted by Crippen LogP contribution is 2.25. The maximum Gasteiger partial charge on any atom is 0.252 e. The summed E-state index contributed by atoms with van der Waals surface area (Å²) in [6.45, 7) is 1.90. The second-order valence-electron chi connectivity index (χ2n) is 4.13. The van der Waals surface area contributed by atoms with Gasteiger partial charge in [0.1, 0.15) is 24.7 Å². The third-order valence-electron chi connectivity index (χ3n) is 2.57. The van der Waals surface area contributed by atoms with Crippen LogP contribution in [-0.2, 0) is 11.3 Å². The summed E-state index contributed by atoms with van der Waals surface area (Å²) in [5.41, 5.74) is 1.60. The zero-order valence-corrected chi connectivity index (χ0v) is 11.1. The number of nitrogens with one attached hydrogen (secondary N) is 1. The number of hydrogen-bond donors (Lipinski definition) is 1. The van der Waals surface area contributed by atoms with Crippen LogP contribution in [0.3, 0.4) is 0 Å². The van der Waals surface area contributed by atoms with Crippen LogP contribution >= 0.6 is 0 Å². The number of aromatic nitrogens is 3. The van der Waals surface area contributed by atoms with E-state index < -0.39 is 0 Å². The van der Waals surface area contributed by atoms with Crippen LogP contribution in [0.5, 0.6) is 5.75 Å². The number of methoxy groups -OCH3 is 1. The van der Waals surface area contributed by atoms with Gasteiger partial charge >= 0.3 is 0 Å². The van der Waals surface area contributed by atoms with Gasteiger partial charge in [0.15, 0.2) is 0 Å². The van der Waals surface area contributed by atoms with Crippen LogP contribution in [0.25, 0.3) is 0 Å². The van der Waals surface area contributed by atoms with Gasteiger partial charge in [-0.2, -0.15) is 5.26 Å². The lowest BCUT2D eigenvalue weighted by Crippen LogP contribution is -2.19. The molecule has 0 aliphatic heterocycles. The summed E-state index contributed by atoms with van der Waals surface area (Å²) in [6.07, 6.45) is 1.34. The van der Waals surface area contributed by atoms with Crippen molar-refractivity contribution in [3.05, 3.63) is 35.9 Å². The molecule has 20 heavy (non-hydrogen) atoms. The molecule has 2 aromatic rings. The molecule has 1 aromatic heterocycles. The average molecular weight is 271 g/mol. The Hall–Kier alpha value is -2.88. The summed E-state index contributed by atoms with van der Waals surface area (Å²) < 4.78 is 6.48. The van der Waals surface area contributed by atoms with Crippen molar-refractivity contribution >= 4 is 11.6 Å². The molecule has 102 valence electrons. The minimum Gasteiger partial charge on any atom is -0.495 e. The van der Waals surface area contributed by atoms with E-state index in [1.54, 1.807) is 12.1 Å². The van der Waals surface area contributed by atoms with Gasteiger partial charge in [-0.25, -0.2) is 9.67 Å². The number of hydrogen-bond acceptors (Lipinski definition) is 5. The SMILES string of the molecule is COc1ccc(C)cc1NC(=O)Cn1cnc(C#N)n1. The lowest BCUT2D eigenvalue weighted by Gasteiger charge is -2.10. The van der Waals surface area contributed by atoms with Gasteiger partial charge in [-0.3, -0.25) is 4.79 Å². The monoisotopic (exact) mass is 271 g/mol. The second-order valence-corrected chi connectivity index (χ2v) is 4.13. The van der Waals surface area contributed by atoms with Crippen molar-refractivity contribution in [3.63, 3.8) is 0 Å². The first-order chi connectivity index (χ1) is 9.62. The van der Waals surface area contributed by atoms with Crippen molar-refractivity contribution in [3.8, 4) is 11.8 Å². The zero-order valence-electron chi connectivity index (χ0n) is 11.1. The molecule has 0 saturated heterocycles. The fraction of sp³-hybridized carbons (Fsp3) is 0.231.